The molecular formula is C10H10N4S. The van der Waals surface area contributed by atoms with E-state index in [4.69, 9.17) is 11.0 Å². The predicted octanol–water partition coefficient (Wildman–Crippen LogP) is 1.48. The number of rotatable bonds is 2. The molecule has 5 heteroatoms. The van der Waals surface area contributed by atoms with Crippen molar-refractivity contribution in [3.63, 3.8) is 0 Å². The Labute approximate surface area is 91.6 Å². The van der Waals surface area contributed by atoms with Crippen LogP contribution in [0, 0.1) is 11.3 Å². The van der Waals surface area contributed by atoms with E-state index in [1.807, 2.05) is 30.1 Å². The zero-order chi connectivity index (χ0) is 10.8. The van der Waals surface area contributed by atoms with E-state index in [-0.39, 0.29) is 0 Å². The van der Waals surface area contributed by atoms with E-state index >= 15 is 0 Å². The average molecular weight is 218 g/mol. The fourth-order valence-electron chi connectivity index (χ4n) is 1.37. The third-order valence-electron chi connectivity index (χ3n) is 2.05. The summed E-state index contributed by atoms with van der Waals surface area (Å²) >= 11 is 1.36. The van der Waals surface area contributed by atoms with Crippen LogP contribution in [0.25, 0.3) is 11.3 Å². The summed E-state index contributed by atoms with van der Waals surface area (Å²) in [6.07, 6.45) is 3.87. The highest BCUT2D eigenvalue weighted by atomic mass is 32.1. The molecule has 0 unspecified atom stereocenters. The molecule has 0 spiro atoms. The molecule has 0 fully saturated rings. The minimum Gasteiger partial charge on any atom is -0.357 e. The van der Waals surface area contributed by atoms with E-state index < -0.39 is 0 Å². The first-order chi connectivity index (χ1) is 7.24. The zero-order valence-electron chi connectivity index (χ0n) is 8.27. The van der Waals surface area contributed by atoms with Crippen LogP contribution in [0.15, 0.2) is 18.5 Å². The molecule has 0 radical (unpaired) electrons. The second-order valence-electron chi connectivity index (χ2n) is 3.17. The SMILES string of the molecule is Cn1ccc(-c2nc(CN)sc2C#N)c1. The minimum atomic E-state index is 0.381. The molecule has 2 N–H and O–H groups in total. The maximum Gasteiger partial charge on any atom is 0.132 e. The van der Waals surface area contributed by atoms with E-state index in [0.29, 0.717) is 11.4 Å². The first-order valence-electron chi connectivity index (χ1n) is 4.47. The van der Waals surface area contributed by atoms with Gasteiger partial charge in [0.15, 0.2) is 0 Å². The maximum absolute atomic E-state index is 8.97. The fraction of sp³-hybridized carbons (Fsp3) is 0.200. The number of thiazole rings is 1. The molecule has 4 nitrogen and oxygen atoms in total. The molecule has 2 heterocycles. The molecule has 0 atom stereocenters. The van der Waals surface area contributed by atoms with E-state index in [9.17, 15) is 0 Å². The van der Waals surface area contributed by atoms with E-state index in [1.54, 1.807) is 0 Å². The van der Waals surface area contributed by atoms with Crippen molar-refractivity contribution in [3.05, 3.63) is 28.3 Å². The summed E-state index contributed by atoms with van der Waals surface area (Å²) in [6, 6.07) is 4.09. The number of nitriles is 1. The summed E-state index contributed by atoms with van der Waals surface area (Å²) in [6.45, 7) is 0.381. The van der Waals surface area contributed by atoms with Crippen molar-refractivity contribution in [1.29, 1.82) is 5.26 Å². The predicted molar refractivity (Wildman–Crippen MR) is 59.1 cm³/mol. The van der Waals surface area contributed by atoms with Crippen LogP contribution in [-0.2, 0) is 13.6 Å². The van der Waals surface area contributed by atoms with Crippen LogP contribution in [0.5, 0.6) is 0 Å². The highest BCUT2D eigenvalue weighted by Crippen LogP contribution is 2.27. The van der Waals surface area contributed by atoms with E-state index in [0.717, 1.165) is 16.3 Å². The lowest BCUT2D eigenvalue weighted by Gasteiger charge is -1.90. The molecule has 15 heavy (non-hydrogen) atoms. The number of nitrogens with zero attached hydrogens (tertiary/aromatic N) is 3. The van der Waals surface area contributed by atoms with E-state index in [1.165, 1.54) is 11.3 Å². The normalized spacial score (nSPS) is 10.2. The van der Waals surface area contributed by atoms with Crippen LogP contribution in [0.1, 0.15) is 9.88 Å². The molecule has 0 aliphatic heterocycles. The van der Waals surface area contributed by atoms with Crippen LogP contribution >= 0.6 is 11.3 Å². The van der Waals surface area contributed by atoms with Crippen molar-refractivity contribution < 1.29 is 0 Å². The van der Waals surface area contributed by atoms with Crippen molar-refractivity contribution in [2.75, 3.05) is 0 Å². The first-order valence-corrected chi connectivity index (χ1v) is 5.28. The van der Waals surface area contributed by atoms with Gasteiger partial charge in [-0.15, -0.1) is 11.3 Å². The highest BCUT2D eigenvalue weighted by Gasteiger charge is 2.12. The van der Waals surface area contributed by atoms with Gasteiger partial charge in [0.2, 0.25) is 0 Å². The topological polar surface area (TPSA) is 67.6 Å². The molecule has 0 bridgehead atoms. The largest absolute Gasteiger partial charge is 0.357 e. The third kappa shape index (κ3) is 1.77. The van der Waals surface area contributed by atoms with Gasteiger partial charge in [-0.1, -0.05) is 0 Å². The molecule has 0 saturated heterocycles. The molecular weight excluding hydrogens is 208 g/mol. The summed E-state index contributed by atoms with van der Waals surface area (Å²) in [5.41, 5.74) is 7.21. The standard InChI is InChI=1S/C10H10N4S/c1-14-3-2-7(6-14)10-8(4-11)15-9(5-12)13-10/h2-3,6H,5,12H2,1H3. The monoisotopic (exact) mass is 218 g/mol. The Bertz CT molecular complexity index is 518. The van der Waals surface area contributed by atoms with Crippen LogP contribution < -0.4 is 5.73 Å². The number of nitrogens with two attached hydrogens (primary N) is 1. The molecule has 0 aliphatic carbocycles. The average Bonchev–Trinajstić information content (AvgIpc) is 2.82. The zero-order valence-corrected chi connectivity index (χ0v) is 9.08. The van der Waals surface area contributed by atoms with Gasteiger partial charge in [-0.25, -0.2) is 4.98 Å². The Morgan fingerprint density at radius 1 is 1.67 bits per heavy atom. The quantitative estimate of drug-likeness (QED) is 0.830. The van der Waals surface area contributed by atoms with Crippen LogP contribution in [0.3, 0.4) is 0 Å². The van der Waals surface area contributed by atoms with Gasteiger partial charge in [-0.05, 0) is 6.07 Å². The molecule has 2 aromatic rings. The molecule has 0 amide bonds. The van der Waals surface area contributed by atoms with Crippen molar-refractivity contribution in [1.82, 2.24) is 9.55 Å². The number of hydrogen-bond donors (Lipinski definition) is 1. The lowest BCUT2D eigenvalue weighted by Crippen LogP contribution is -1.94. The summed E-state index contributed by atoms with van der Waals surface area (Å²) in [5, 5.41) is 9.76. The summed E-state index contributed by atoms with van der Waals surface area (Å²) in [7, 11) is 1.94. The van der Waals surface area contributed by atoms with Gasteiger partial charge in [-0.3, -0.25) is 0 Å². The van der Waals surface area contributed by atoms with E-state index in [2.05, 4.69) is 11.1 Å². The Morgan fingerprint density at radius 3 is 3.00 bits per heavy atom. The second kappa shape index (κ2) is 3.85. The molecule has 76 valence electrons. The number of aryl methyl sites for hydroxylation is 1. The Morgan fingerprint density at radius 2 is 2.47 bits per heavy atom. The third-order valence-corrected chi connectivity index (χ3v) is 3.04. The minimum absolute atomic E-state index is 0.381. The molecule has 0 aromatic carbocycles. The van der Waals surface area contributed by atoms with Gasteiger partial charge >= 0.3 is 0 Å². The smallest absolute Gasteiger partial charge is 0.132 e. The second-order valence-corrected chi connectivity index (χ2v) is 4.25. The van der Waals surface area contributed by atoms with Crippen molar-refractivity contribution in [2.45, 2.75) is 6.54 Å². The fourth-order valence-corrected chi connectivity index (χ4v) is 2.13. The van der Waals surface area contributed by atoms with Crippen LogP contribution in [0.4, 0.5) is 0 Å². The highest BCUT2D eigenvalue weighted by molar-refractivity contribution is 7.12. The Balaban J connectivity index is 2.52. The van der Waals surface area contributed by atoms with Crippen molar-refractivity contribution >= 4 is 11.3 Å². The molecule has 2 rings (SSSR count). The maximum atomic E-state index is 8.97. The Kier molecular flexibility index (Phi) is 2.54. The van der Waals surface area contributed by atoms with Crippen LogP contribution in [-0.4, -0.2) is 9.55 Å². The van der Waals surface area contributed by atoms with Crippen molar-refractivity contribution in [3.8, 4) is 17.3 Å². The number of hydrogen-bond acceptors (Lipinski definition) is 4. The lowest BCUT2D eigenvalue weighted by atomic mass is 10.2. The van der Waals surface area contributed by atoms with Gasteiger partial charge in [0.05, 0.1) is 0 Å². The van der Waals surface area contributed by atoms with Crippen LogP contribution in [0.2, 0.25) is 0 Å². The van der Waals surface area contributed by atoms with Gasteiger partial charge in [0, 0.05) is 31.5 Å². The molecule has 2 aromatic heterocycles. The van der Waals surface area contributed by atoms with Gasteiger partial charge < -0.3 is 10.3 Å². The van der Waals surface area contributed by atoms with Gasteiger partial charge in [0.1, 0.15) is 21.6 Å². The summed E-state index contributed by atoms with van der Waals surface area (Å²) in [4.78, 5) is 4.97. The lowest BCUT2D eigenvalue weighted by molar-refractivity contribution is 0.928. The summed E-state index contributed by atoms with van der Waals surface area (Å²) in [5.74, 6) is 0. The summed E-state index contributed by atoms with van der Waals surface area (Å²) < 4.78 is 1.93. The number of aromatic nitrogens is 2. The van der Waals surface area contributed by atoms with Crippen molar-refractivity contribution in [2.24, 2.45) is 12.8 Å². The first kappa shape index (κ1) is 9.90. The van der Waals surface area contributed by atoms with Gasteiger partial charge in [0.25, 0.3) is 0 Å². The molecule has 0 aliphatic rings. The Hall–Kier alpha value is -1.64. The van der Waals surface area contributed by atoms with Gasteiger partial charge in [-0.2, -0.15) is 5.26 Å². The molecule has 0 saturated carbocycles.